The van der Waals surface area contributed by atoms with Gasteiger partial charge in [-0.15, -0.1) is 0 Å². The standard InChI is InChI=1S/C19H23FN8O7/c20-12-6-10-14(29)11(17(30)31)7-23-15(10)24-16(12)26-5-3-9(8-26)27(19(22)25-28(34)35)13(18(32)33)2-1-4-21/h6-7,9,13H,1-5,8,21H2,(H2,22,25)(H,30,31)(H,32,33)(H,23,24,29)/t9?,13-/m0/s1. The maximum Gasteiger partial charge on any atom is 0.341 e. The monoisotopic (exact) mass is 494 g/mol. The molecule has 0 radical (unpaired) electrons. The van der Waals surface area contributed by atoms with Crippen molar-refractivity contribution < 1.29 is 29.2 Å². The number of aromatic amines is 1. The molecule has 15 nitrogen and oxygen atoms in total. The zero-order chi connectivity index (χ0) is 25.9. The number of fused-ring (bicyclic) bond motifs is 1. The fourth-order valence-corrected chi connectivity index (χ4v) is 4.09. The molecular weight excluding hydrogens is 471 g/mol. The molecule has 1 fully saturated rings. The number of aromatic carboxylic acids is 1. The third-order valence-electron chi connectivity index (χ3n) is 5.64. The normalized spacial score (nSPS) is 16.2. The zero-order valence-corrected chi connectivity index (χ0v) is 18.2. The number of nitrogens with two attached hydrogens (primary N) is 1. The second kappa shape index (κ2) is 10.3. The van der Waals surface area contributed by atoms with Crippen molar-refractivity contribution in [3.63, 3.8) is 0 Å². The number of nitrogens with zero attached hydrogens (tertiary/aromatic N) is 4. The van der Waals surface area contributed by atoms with E-state index in [2.05, 4.69) is 9.97 Å². The molecule has 0 spiro atoms. The van der Waals surface area contributed by atoms with Crippen molar-refractivity contribution in [1.82, 2.24) is 20.3 Å². The van der Waals surface area contributed by atoms with Crippen LogP contribution >= 0.6 is 0 Å². The first-order chi connectivity index (χ1) is 16.5. The number of carbonyl (C=O) groups is 2. The van der Waals surface area contributed by atoms with E-state index < -0.39 is 51.8 Å². The maximum absolute atomic E-state index is 14.9. The van der Waals surface area contributed by atoms with Gasteiger partial charge in [-0.1, -0.05) is 5.43 Å². The number of hydrazine groups is 1. The quantitative estimate of drug-likeness (QED) is 0.113. The van der Waals surface area contributed by atoms with Gasteiger partial charge in [-0.2, -0.15) is 0 Å². The Bertz CT molecular complexity index is 1240. The highest BCUT2D eigenvalue weighted by Gasteiger charge is 2.39. The van der Waals surface area contributed by atoms with Gasteiger partial charge >= 0.3 is 11.9 Å². The molecule has 0 bridgehead atoms. The number of carboxylic acid groups (broad SMARTS) is 2. The van der Waals surface area contributed by atoms with Crippen LogP contribution in [0.3, 0.4) is 0 Å². The highest BCUT2D eigenvalue weighted by Crippen LogP contribution is 2.27. The first kappa shape index (κ1) is 25.3. The summed E-state index contributed by atoms with van der Waals surface area (Å²) in [6, 6.07) is -1.14. The number of hydrogen-bond acceptors (Lipinski definition) is 9. The Morgan fingerprint density at radius 3 is 2.80 bits per heavy atom. The van der Waals surface area contributed by atoms with Gasteiger partial charge < -0.3 is 30.7 Å². The smallest absolute Gasteiger partial charge is 0.341 e. The maximum atomic E-state index is 14.9. The molecule has 3 heterocycles. The highest BCUT2D eigenvalue weighted by molar-refractivity contribution is 5.91. The number of anilines is 1. The van der Waals surface area contributed by atoms with E-state index in [1.807, 2.05) is 0 Å². The van der Waals surface area contributed by atoms with Crippen LogP contribution in [-0.2, 0) is 4.79 Å². The minimum absolute atomic E-state index is 0.0267. The number of guanidine groups is 1. The molecule has 188 valence electrons. The van der Waals surface area contributed by atoms with Gasteiger partial charge in [0.05, 0.1) is 11.4 Å². The molecule has 2 atom stereocenters. The first-order valence-corrected chi connectivity index (χ1v) is 10.5. The molecule has 1 aliphatic rings. The van der Waals surface area contributed by atoms with Crippen molar-refractivity contribution in [2.24, 2.45) is 5.73 Å². The van der Waals surface area contributed by atoms with Crippen molar-refractivity contribution in [2.75, 3.05) is 24.5 Å². The molecule has 2 aromatic heterocycles. The topological polar surface area (TPSA) is 232 Å². The fraction of sp³-hybridized carbons (Fsp3) is 0.421. The van der Waals surface area contributed by atoms with Crippen molar-refractivity contribution in [3.8, 4) is 0 Å². The summed E-state index contributed by atoms with van der Waals surface area (Å²) in [7, 11) is 0. The molecule has 7 N–H and O–H groups in total. The van der Waals surface area contributed by atoms with E-state index in [1.165, 1.54) is 4.90 Å². The van der Waals surface area contributed by atoms with E-state index in [0.29, 0.717) is 6.42 Å². The van der Waals surface area contributed by atoms with E-state index in [1.54, 1.807) is 5.43 Å². The minimum Gasteiger partial charge on any atom is -0.480 e. The summed E-state index contributed by atoms with van der Waals surface area (Å²) >= 11 is 0. The van der Waals surface area contributed by atoms with Crippen LogP contribution in [0.5, 0.6) is 0 Å². The predicted molar refractivity (Wildman–Crippen MR) is 119 cm³/mol. The molecule has 1 unspecified atom stereocenters. The van der Waals surface area contributed by atoms with Crippen LogP contribution in [0.15, 0.2) is 17.1 Å². The van der Waals surface area contributed by atoms with Crippen LogP contribution in [0.4, 0.5) is 10.2 Å². The molecule has 1 aliphatic heterocycles. The fourth-order valence-electron chi connectivity index (χ4n) is 4.09. The molecule has 0 aromatic carbocycles. The average Bonchev–Trinajstić information content (AvgIpc) is 3.25. The lowest BCUT2D eigenvalue weighted by Crippen LogP contribution is -2.56. The van der Waals surface area contributed by atoms with Crippen LogP contribution < -0.4 is 21.5 Å². The van der Waals surface area contributed by atoms with Gasteiger partial charge in [-0.3, -0.25) is 10.2 Å². The number of rotatable bonds is 9. The zero-order valence-electron chi connectivity index (χ0n) is 18.2. The van der Waals surface area contributed by atoms with Gasteiger partial charge in [-0.25, -0.2) is 29.1 Å². The molecule has 1 saturated heterocycles. The summed E-state index contributed by atoms with van der Waals surface area (Å²) in [4.78, 5) is 55.5. The summed E-state index contributed by atoms with van der Waals surface area (Å²) < 4.78 is 14.9. The van der Waals surface area contributed by atoms with Crippen molar-refractivity contribution >= 4 is 34.7 Å². The second-order valence-corrected chi connectivity index (χ2v) is 7.82. The van der Waals surface area contributed by atoms with Gasteiger partial charge in [0.25, 0.3) is 5.96 Å². The lowest BCUT2D eigenvalue weighted by Gasteiger charge is -2.34. The number of nitro groups is 1. The second-order valence-electron chi connectivity index (χ2n) is 7.82. The lowest BCUT2D eigenvalue weighted by molar-refractivity contribution is -0.527. The highest BCUT2D eigenvalue weighted by atomic mass is 19.1. The molecule has 3 rings (SSSR count). The number of nitrogens with one attached hydrogen (secondary N) is 3. The summed E-state index contributed by atoms with van der Waals surface area (Å²) in [5.41, 5.74) is 5.64. The summed E-state index contributed by atoms with van der Waals surface area (Å²) in [5.74, 6) is -4.60. The molecule has 2 aromatic rings. The number of halogens is 1. The minimum atomic E-state index is -1.48. The van der Waals surface area contributed by atoms with Gasteiger partial charge in [-0.05, 0) is 31.9 Å². The number of carboxylic acids is 2. The Kier molecular flexibility index (Phi) is 7.43. The van der Waals surface area contributed by atoms with Gasteiger partial charge in [0.15, 0.2) is 16.7 Å². The Balaban J connectivity index is 1.93. The van der Waals surface area contributed by atoms with E-state index in [4.69, 9.17) is 16.2 Å². The van der Waals surface area contributed by atoms with E-state index in [9.17, 15) is 34.0 Å². The van der Waals surface area contributed by atoms with Gasteiger partial charge in [0.2, 0.25) is 5.43 Å². The number of pyridine rings is 2. The summed E-state index contributed by atoms with van der Waals surface area (Å²) in [6.45, 7) is 0.322. The predicted octanol–water partition coefficient (Wildman–Crippen LogP) is -0.451. The number of hydrogen-bond donors (Lipinski definition) is 6. The van der Waals surface area contributed by atoms with Gasteiger partial charge in [0.1, 0.15) is 17.3 Å². The Hall–Kier alpha value is -4.34. The number of aromatic nitrogens is 2. The van der Waals surface area contributed by atoms with Crippen molar-refractivity contribution in [3.05, 3.63) is 44.0 Å². The van der Waals surface area contributed by atoms with E-state index in [0.717, 1.165) is 17.2 Å². The third kappa shape index (κ3) is 5.26. The molecular formula is C19H23FN8O7. The van der Waals surface area contributed by atoms with E-state index in [-0.39, 0.29) is 49.3 Å². The summed E-state index contributed by atoms with van der Waals surface area (Å²) in [6.07, 6.45) is 1.50. The van der Waals surface area contributed by atoms with Crippen LogP contribution in [0.2, 0.25) is 0 Å². The molecule has 35 heavy (non-hydrogen) atoms. The SMILES string of the molecule is N=C(N[N+](=O)[O-])N(C1CCN(c2nc3[nH]cc(C(=O)O)c(=O)c3cc2F)C1)[C@@H](CCCN)C(=O)O. The number of aliphatic carboxylic acids is 1. The van der Waals surface area contributed by atoms with Crippen LogP contribution in [0.1, 0.15) is 29.6 Å². The Morgan fingerprint density at radius 1 is 1.49 bits per heavy atom. The van der Waals surface area contributed by atoms with Crippen LogP contribution in [-0.4, -0.2) is 79.7 Å². The van der Waals surface area contributed by atoms with Gasteiger partial charge in [0, 0.05) is 19.3 Å². The third-order valence-corrected chi connectivity index (χ3v) is 5.64. The molecule has 0 saturated carbocycles. The first-order valence-electron chi connectivity index (χ1n) is 10.5. The van der Waals surface area contributed by atoms with E-state index >= 15 is 0 Å². The Labute approximate surface area is 196 Å². The molecule has 0 aliphatic carbocycles. The van der Waals surface area contributed by atoms with Crippen molar-refractivity contribution in [2.45, 2.75) is 31.3 Å². The number of H-pyrrole nitrogens is 1. The molecule has 16 heteroatoms. The average molecular weight is 494 g/mol. The molecule has 0 amide bonds. The summed E-state index contributed by atoms with van der Waals surface area (Å²) in [5, 5.41) is 36.5. The van der Waals surface area contributed by atoms with Crippen LogP contribution in [0.25, 0.3) is 11.0 Å². The Morgan fingerprint density at radius 2 is 2.20 bits per heavy atom. The van der Waals surface area contributed by atoms with Crippen molar-refractivity contribution in [1.29, 1.82) is 5.41 Å². The largest absolute Gasteiger partial charge is 0.480 e. The lowest BCUT2D eigenvalue weighted by atomic mass is 10.1. The van der Waals surface area contributed by atoms with Crippen LogP contribution in [0, 0.1) is 21.3 Å².